The lowest BCUT2D eigenvalue weighted by atomic mass is 9.95. The molecular weight excluding hydrogens is 358 g/mol. The second-order valence-electron chi connectivity index (χ2n) is 7.84. The van der Waals surface area contributed by atoms with E-state index in [2.05, 4.69) is 5.32 Å². The van der Waals surface area contributed by atoms with Gasteiger partial charge in [-0.25, -0.2) is 4.79 Å². The number of aromatic nitrogens is 2. The van der Waals surface area contributed by atoms with Crippen molar-refractivity contribution < 1.29 is 9.53 Å². The smallest absolute Gasteiger partial charge is 0.332 e. The molecule has 0 radical (unpaired) electrons. The minimum atomic E-state index is -0.446. The monoisotopic (exact) mass is 385 g/mol. The van der Waals surface area contributed by atoms with Gasteiger partial charge in [-0.1, -0.05) is 31.4 Å². The van der Waals surface area contributed by atoms with Crippen LogP contribution in [0.4, 0.5) is 0 Å². The molecule has 2 heterocycles. The molecule has 7 heteroatoms. The summed E-state index contributed by atoms with van der Waals surface area (Å²) in [5.41, 5.74) is -0.266. The van der Waals surface area contributed by atoms with Gasteiger partial charge in [-0.05, 0) is 37.8 Å². The molecule has 7 nitrogen and oxygen atoms in total. The number of amides is 1. The molecule has 2 aliphatic rings. The third-order valence-electron chi connectivity index (χ3n) is 5.81. The molecule has 1 aliphatic heterocycles. The number of hydrogen-bond acceptors (Lipinski definition) is 4. The number of fused-ring (bicyclic) bond motifs is 1. The van der Waals surface area contributed by atoms with Crippen molar-refractivity contribution in [3.8, 4) is 0 Å². The van der Waals surface area contributed by atoms with Gasteiger partial charge in [-0.3, -0.25) is 18.7 Å². The Kier molecular flexibility index (Phi) is 5.62. The van der Waals surface area contributed by atoms with Crippen molar-refractivity contribution in [2.75, 3.05) is 6.61 Å². The maximum atomic E-state index is 13.1. The van der Waals surface area contributed by atoms with Crippen LogP contribution < -0.4 is 16.6 Å². The highest BCUT2D eigenvalue weighted by atomic mass is 16.5. The van der Waals surface area contributed by atoms with Crippen LogP contribution in [0, 0.1) is 0 Å². The van der Waals surface area contributed by atoms with E-state index in [0.29, 0.717) is 17.5 Å². The summed E-state index contributed by atoms with van der Waals surface area (Å²) >= 11 is 0. The van der Waals surface area contributed by atoms with Gasteiger partial charge in [0.05, 0.1) is 23.6 Å². The molecule has 1 unspecified atom stereocenters. The standard InChI is InChI=1S/C21H27N3O4/c25-19(22-15-7-2-1-3-8-15)14-23-18-11-5-4-10-17(18)20(26)24(21(23)27)13-16-9-6-12-28-16/h4-5,10-11,15-16H,1-3,6-9,12-14H2,(H,22,25). The molecule has 1 saturated heterocycles. The molecule has 1 saturated carbocycles. The van der Waals surface area contributed by atoms with E-state index in [4.69, 9.17) is 4.74 Å². The lowest BCUT2D eigenvalue weighted by Gasteiger charge is -2.23. The zero-order valence-electron chi connectivity index (χ0n) is 16.1. The highest BCUT2D eigenvalue weighted by molar-refractivity contribution is 5.81. The van der Waals surface area contributed by atoms with E-state index in [1.807, 2.05) is 0 Å². The lowest BCUT2D eigenvalue weighted by molar-refractivity contribution is -0.122. The largest absolute Gasteiger partial charge is 0.376 e. The van der Waals surface area contributed by atoms with Crippen molar-refractivity contribution in [3.63, 3.8) is 0 Å². The number of carbonyl (C=O) groups is 1. The van der Waals surface area contributed by atoms with E-state index < -0.39 is 5.69 Å². The van der Waals surface area contributed by atoms with Gasteiger partial charge in [0.2, 0.25) is 5.91 Å². The molecule has 2 fully saturated rings. The molecule has 1 amide bonds. The summed E-state index contributed by atoms with van der Waals surface area (Å²) in [5.74, 6) is -0.179. The highest BCUT2D eigenvalue weighted by Crippen LogP contribution is 2.17. The Morgan fingerprint density at radius 1 is 1.04 bits per heavy atom. The highest BCUT2D eigenvalue weighted by Gasteiger charge is 2.22. The number of ether oxygens (including phenoxy) is 1. The Balaban J connectivity index is 1.66. The number of para-hydroxylation sites is 1. The molecule has 1 aliphatic carbocycles. The SMILES string of the molecule is O=C(Cn1c(=O)n(CC2CCCO2)c(=O)c2ccccc21)NC1CCCCC1. The van der Waals surface area contributed by atoms with Crippen LogP contribution in [0.25, 0.3) is 10.9 Å². The fourth-order valence-corrected chi connectivity index (χ4v) is 4.34. The van der Waals surface area contributed by atoms with Crippen molar-refractivity contribution in [1.29, 1.82) is 0 Å². The first-order chi connectivity index (χ1) is 13.6. The van der Waals surface area contributed by atoms with Gasteiger partial charge >= 0.3 is 5.69 Å². The number of carbonyl (C=O) groups excluding carboxylic acids is 1. The van der Waals surface area contributed by atoms with Crippen molar-refractivity contribution in [1.82, 2.24) is 14.5 Å². The van der Waals surface area contributed by atoms with Crippen LogP contribution in [0.5, 0.6) is 0 Å². The van der Waals surface area contributed by atoms with Gasteiger partial charge in [0, 0.05) is 12.6 Å². The molecule has 0 bridgehead atoms. The summed E-state index contributed by atoms with van der Waals surface area (Å²) in [6.07, 6.45) is 7.08. The molecule has 1 aromatic carbocycles. The maximum Gasteiger partial charge on any atom is 0.332 e. The van der Waals surface area contributed by atoms with E-state index in [1.54, 1.807) is 24.3 Å². The first-order valence-electron chi connectivity index (χ1n) is 10.3. The topological polar surface area (TPSA) is 82.3 Å². The zero-order chi connectivity index (χ0) is 19.5. The maximum absolute atomic E-state index is 13.1. The van der Waals surface area contributed by atoms with Gasteiger partial charge in [0.15, 0.2) is 0 Å². The molecule has 2 aromatic rings. The van der Waals surface area contributed by atoms with E-state index in [1.165, 1.54) is 15.6 Å². The van der Waals surface area contributed by atoms with Crippen LogP contribution in [-0.2, 0) is 22.6 Å². The summed E-state index contributed by atoms with van der Waals surface area (Å²) in [6, 6.07) is 7.17. The zero-order valence-corrected chi connectivity index (χ0v) is 16.1. The average molecular weight is 385 g/mol. The lowest BCUT2D eigenvalue weighted by Crippen LogP contribution is -2.45. The predicted octanol–water partition coefficient (Wildman–Crippen LogP) is 1.79. The first kappa shape index (κ1) is 18.9. The minimum Gasteiger partial charge on any atom is -0.376 e. The Hall–Kier alpha value is -2.41. The normalized spacial score (nSPS) is 20.5. The molecule has 1 atom stereocenters. The van der Waals surface area contributed by atoms with E-state index in [0.717, 1.165) is 38.5 Å². The molecule has 0 spiro atoms. The van der Waals surface area contributed by atoms with Crippen LogP contribution >= 0.6 is 0 Å². The predicted molar refractivity (Wildman–Crippen MR) is 106 cm³/mol. The number of nitrogens with one attached hydrogen (secondary N) is 1. The van der Waals surface area contributed by atoms with Crippen LogP contribution in [0.1, 0.15) is 44.9 Å². The van der Waals surface area contributed by atoms with Crippen molar-refractivity contribution >= 4 is 16.8 Å². The van der Waals surface area contributed by atoms with Gasteiger partial charge in [-0.15, -0.1) is 0 Å². The van der Waals surface area contributed by atoms with E-state index in [9.17, 15) is 14.4 Å². The third kappa shape index (κ3) is 3.90. The second-order valence-corrected chi connectivity index (χ2v) is 7.84. The number of nitrogens with zero attached hydrogens (tertiary/aromatic N) is 2. The van der Waals surface area contributed by atoms with Gasteiger partial charge in [-0.2, -0.15) is 0 Å². The fourth-order valence-electron chi connectivity index (χ4n) is 4.34. The number of benzene rings is 1. The van der Waals surface area contributed by atoms with Gasteiger partial charge in [0.25, 0.3) is 5.56 Å². The second kappa shape index (κ2) is 8.31. The minimum absolute atomic E-state index is 0.0817. The Morgan fingerprint density at radius 2 is 1.82 bits per heavy atom. The van der Waals surface area contributed by atoms with E-state index in [-0.39, 0.29) is 36.7 Å². The van der Waals surface area contributed by atoms with Crippen LogP contribution in [0.3, 0.4) is 0 Å². The molecule has 150 valence electrons. The number of hydrogen-bond donors (Lipinski definition) is 1. The van der Waals surface area contributed by atoms with Crippen LogP contribution in [-0.4, -0.2) is 33.8 Å². The summed E-state index contributed by atoms with van der Waals surface area (Å²) in [7, 11) is 0. The molecule has 1 aromatic heterocycles. The molecule has 1 N–H and O–H groups in total. The quantitative estimate of drug-likeness (QED) is 0.851. The summed E-state index contributed by atoms with van der Waals surface area (Å²) in [6.45, 7) is 0.805. The van der Waals surface area contributed by atoms with Crippen molar-refractivity contribution in [3.05, 3.63) is 45.1 Å². The average Bonchev–Trinajstić information content (AvgIpc) is 3.22. The molecule has 28 heavy (non-hydrogen) atoms. The summed E-state index contributed by atoms with van der Waals surface area (Å²) in [4.78, 5) is 38.6. The number of rotatable bonds is 5. The van der Waals surface area contributed by atoms with E-state index >= 15 is 0 Å². The first-order valence-corrected chi connectivity index (χ1v) is 10.3. The Morgan fingerprint density at radius 3 is 2.57 bits per heavy atom. The molecule has 4 rings (SSSR count). The van der Waals surface area contributed by atoms with Gasteiger partial charge in [0.1, 0.15) is 6.54 Å². The summed E-state index contributed by atoms with van der Waals surface area (Å²) < 4.78 is 8.26. The third-order valence-corrected chi connectivity index (χ3v) is 5.81. The van der Waals surface area contributed by atoms with Gasteiger partial charge < -0.3 is 10.1 Å². The van der Waals surface area contributed by atoms with Crippen molar-refractivity contribution in [2.24, 2.45) is 0 Å². The van der Waals surface area contributed by atoms with Crippen LogP contribution in [0.2, 0.25) is 0 Å². The Labute approximate surface area is 163 Å². The Bertz CT molecular complexity index is 966. The molecular formula is C21H27N3O4. The summed E-state index contributed by atoms with van der Waals surface area (Å²) in [5, 5.41) is 3.51. The van der Waals surface area contributed by atoms with Crippen LogP contribution in [0.15, 0.2) is 33.9 Å². The fraction of sp³-hybridized carbons (Fsp3) is 0.571. The van der Waals surface area contributed by atoms with Crippen molar-refractivity contribution in [2.45, 2.75) is 70.2 Å².